The first-order valence-corrected chi connectivity index (χ1v) is 8.83. The Kier molecular flexibility index (Phi) is 5.80. The molecule has 1 heterocycles. The number of likely N-dealkylation sites (tertiary alicyclic amines) is 1. The molecular formula is C20H23N3O4. The van der Waals surface area contributed by atoms with Gasteiger partial charge in [0.25, 0.3) is 0 Å². The summed E-state index contributed by atoms with van der Waals surface area (Å²) in [5.74, 6) is 1.53. The SMILES string of the molecule is COc1ccccc1Oc1ccc(NC(=O)[C@@H]2CCCN(C(N)=O)C2)cc1. The summed E-state index contributed by atoms with van der Waals surface area (Å²) < 4.78 is 11.1. The van der Waals surface area contributed by atoms with Crippen LogP contribution < -0.4 is 20.5 Å². The van der Waals surface area contributed by atoms with Gasteiger partial charge in [0.2, 0.25) is 5.91 Å². The molecule has 3 N–H and O–H groups in total. The highest BCUT2D eigenvalue weighted by Gasteiger charge is 2.27. The smallest absolute Gasteiger partial charge is 0.314 e. The predicted molar refractivity (Wildman–Crippen MR) is 102 cm³/mol. The molecule has 1 atom stereocenters. The van der Waals surface area contributed by atoms with Crippen molar-refractivity contribution >= 4 is 17.6 Å². The molecule has 3 amide bonds. The number of benzene rings is 2. The summed E-state index contributed by atoms with van der Waals surface area (Å²) in [6.45, 7) is 0.963. The fourth-order valence-electron chi connectivity index (χ4n) is 3.07. The van der Waals surface area contributed by atoms with Gasteiger partial charge >= 0.3 is 6.03 Å². The zero-order valence-corrected chi connectivity index (χ0v) is 15.2. The molecule has 7 nitrogen and oxygen atoms in total. The lowest BCUT2D eigenvalue weighted by atomic mass is 9.97. The molecule has 0 aliphatic carbocycles. The Hall–Kier alpha value is -3.22. The van der Waals surface area contributed by atoms with E-state index >= 15 is 0 Å². The summed E-state index contributed by atoms with van der Waals surface area (Å²) in [5, 5.41) is 2.89. The number of carbonyl (C=O) groups excluding carboxylic acids is 2. The quantitative estimate of drug-likeness (QED) is 0.846. The summed E-state index contributed by atoms with van der Waals surface area (Å²) in [7, 11) is 1.59. The number of nitrogens with one attached hydrogen (secondary N) is 1. The van der Waals surface area contributed by atoms with E-state index in [4.69, 9.17) is 15.2 Å². The van der Waals surface area contributed by atoms with E-state index in [1.807, 2.05) is 24.3 Å². The fourth-order valence-corrected chi connectivity index (χ4v) is 3.07. The summed E-state index contributed by atoms with van der Waals surface area (Å²) in [4.78, 5) is 25.3. The average molecular weight is 369 g/mol. The van der Waals surface area contributed by atoms with Gasteiger partial charge in [0, 0.05) is 18.8 Å². The standard InChI is InChI=1S/C20H23N3O4/c1-26-17-6-2-3-7-18(17)27-16-10-8-15(9-11-16)22-19(24)14-5-4-12-23(13-14)20(21)25/h2-3,6-11,14H,4-5,12-13H2,1H3,(H2,21,25)(H,22,24)/t14-/m1/s1. The summed E-state index contributed by atoms with van der Waals surface area (Å²) in [5.41, 5.74) is 5.99. The topological polar surface area (TPSA) is 93.9 Å². The number of hydrogen-bond acceptors (Lipinski definition) is 4. The lowest BCUT2D eigenvalue weighted by Gasteiger charge is -2.30. The van der Waals surface area contributed by atoms with Crippen LogP contribution in [0.2, 0.25) is 0 Å². The van der Waals surface area contributed by atoms with Gasteiger partial charge in [-0.3, -0.25) is 4.79 Å². The third-order valence-electron chi connectivity index (χ3n) is 4.52. The molecule has 0 bridgehead atoms. The average Bonchev–Trinajstić information content (AvgIpc) is 2.70. The molecule has 0 radical (unpaired) electrons. The molecule has 1 saturated heterocycles. The number of urea groups is 1. The Morgan fingerprint density at radius 3 is 2.48 bits per heavy atom. The fraction of sp³-hybridized carbons (Fsp3) is 0.300. The second kappa shape index (κ2) is 8.44. The largest absolute Gasteiger partial charge is 0.493 e. The predicted octanol–water partition coefficient (Wildman–Crippen LogP) is 3.22. The second-order valence-corrected chi connectivity index (χ2v) is 6.39. The van der Waals surface area contributed by atoms with E-state index in [1.54, 1.807) is 31.4 Å². The van der Waals surface area contributed by atoms with E-state index in [2.05, 4.69) is 5.32 Å². The maximum atomic E-state index is 12.5. The van der Waals surface area contributed by atoms with Crippen molar-refractivity contribution in [1.82, 2.24) is 4.90 Å². The van der Waals surface area contributed by atoms with Gasteiger partial charge in [-0.05, 0) is 49.2 Å². The van der Waals surface area contributed by atoms with Gasteiger partial charge in [-0.1, -0.05) is 12.1 Å². The van der Waals surface area contributed by atoms with Crippen molar-refractivity contribution in [2.45, 2.75) is 12.8 Å². The third kappa shape index (κ3) is 4.69. The van der Waals surface area contributed by atoms with Crippen molar-refractivity contribution in [3.8, 4) is 17.2 Å². The van der Waals surface area contributed by atoms with E-state index in [1.165, 1.54) is 4.90 Å². The Balaban J connectivity index is 1.60. The highest BCUT2D eigenvalue weighted by Crippen LogP contribution is 2.31. The van der Waals surface area contributed by atoms with Gasteiger partial charge in [-0.25, -0.2) is 4.79 Å². The van der Waals surface area contributed by atoms with Crippen LogP contribution in [0.15, 0.2) is 48.5 Å². The summed E-state index contributed by atoms with van der Waals surface area (Å²) >= 11 is 0. The van der Waals surface area contributed by atoms with Crippen molar-refractivity contribution in [2.24, 2.45) is 11.7 Å². The molecule has 7 heteroatoms. The normalized spacial score (nSPS) is 16.5. The first-order chi connectivity index (χ1) is 13.1. The van der Waals surface area contributed by atoms with Gasteiger partial charge in [-0.2, -0.15) is 0 Å². The van der Waals surface area contributed by atoms with Crippen molar-refractivity contribution in [2.75, 3.05) is 25.5 Å². The minimum Gasteiger partial charge on any atom is -0.493 e. The van der Waals surface area contributed by atoms with E-state index in [0.717, 1.165) is 12.8 Å². The molecule has 0 unspecified atom stereocenters. The number of carbonyl (C=O) groups is 2. The second-order valence-electron chi connectivity index (χ2n) is 6.39. The number of anilines is 1. The zero-order chi connectivity index (χ0) is 19.2. The van der Waals surface area contributed by atoms with Crippen LogP contribution in [0.4, 0.5) is 10.5 Å². The minimum atomic E-state index is -0.481. The molecule has 0 saturated carbocycles. The number of piperidine rings is 1. The van der Waals surface area contributed by atoms with Crippen LogP contribution >= 0.6 is 0 Å². The van der Waals surface area contributed by atoms with Crippen LogP contribution in [0.3, 0.4) is 0 Å². The first kappa shape index (κ1) is 18.6. The third-order valence-corrected chi connectivity index (χ3v) is 4.52. The number of primary amides is 1. The van der Waals surface area contributed by atoms with Gasteiger partial charge in [0.15, 0.2) is 11.5 Å². The molecule has 27 heavy (non-hydrogen) atoms. The Morgan fingerprint density at radius 1 is 1.11 bits per heavy atom. The monoisotopic (exact) mass is 369 g/mol. The van der Waals surface area contributed by atoms with Crippen LogP contribution in [0.1, 0.15) is 12.8 Å². The lowest BCUT2D eigenvalue weighted by molar-refractivity contribution is -0.121. The van der Waals surface area contributed by atoms with E-state index in [9.17, 15) is 9.59 Å². The molecule has 3 rings (SSSR count). The van der Waals surface area contributed by atoms with Crippen molar-refractivity contribution in [3.05, 3.63) is 48.5 Å². The molecule has 2 aromatic carbocycles. The molecule has 0 aromatic heterocycles. The lowest BCUT2D eigenvalue weighted by Crippen LogP contribution is -2.46. The van der Waals surface area contributed by atoms with E-state index in [0.29, 0.717) is 36.0 Å². The number of hydrogen-bond donors (Lipinski definition) is 2. The maximum absolute atomic E-state index is 12.5. The molecular weight excluding hydrogens is 346 g/mol. The van der Waals surface area contributed by atoms with E-state index < -0.39 is 6.03 Å². The maximum Gasteiger partial charge on any atom is 0.314 e. The molecule has 1 aliphatic heterocycles. The van der Waals surface area contributed by atoms with Crippen LogP contribution in [-0.2, 0) is 4.79 Å². The Labute approximate surface area is 158 Å². The number of nitrogens with two attached hydrogens (primary N) is 1. The molecule has 1 fully saturated rings. The van der Waals surface area contributed by atoms with Crippen molar-refractivity contribution in [3.63, 3.8) is 0 Å². The molecule has 2 aromatic rings. The van der Waals surface area contributed by atoms with Crippen LogP contribution in [0.5, 0.6) is 17.2 Å². The highest BCUT2D eigenvalue weighted by molar-refractivity contribution is 5.93. The number of nitrogens with zero attached hydrogens (tertiary/aromatic N) is 1. The summed E-state index contributed by atoms with van der Waals surface area (Å²) in [6, 6.07) is 14.0. The number of amides is 3. The Morgan fingerprint density at radius 2 is 1.81 bits per heavy atom. The number of ether oxygens (including phenoxy) is 2. The number of methoxy groups -OCH3 is 1. The molecule has 1 aliphatic rings. The van der Waals surface area contributed by atoms with Crippen molar-refractivity contribution < 1.29 is 19.1 Å². The highest BCUT2D eigenvalue weighted by atomic mass is 16.5. The van der Waals surface area contributed by atoms with Crippen LogP contribution in [-0.4, -0.2) is 37.0 Å². The van der Waals surface area contributed by atoms with E-state index in [-0.39, 0.29) is 11.8 Å². The molecule has 0 spiro atoms. The van der Waals surface area contributed by atoms with Gasteiger partial charge < -0.3 is 25.4 Å². The van der Waals surface area contributed by atoms with Gasteiger partial charge in [0.05, 0.1) is 13.0 Å². The van der Waals surface area contributed by atoms with Crippen LogP contribution in [0.25, 0.3) is 0 Å². The van der Waals surface area contributed by atoms with Crippen molar-refractivity contribution in [1.29, 1.82) is 0 Å². The first-order valence-electron chi connectivity index (χ1n) is 8.83. The zero-order valence-electron chi connectivity index (χ0n) is 15.2. The number of rotatable bonds is 5. The van der Waals surface area contributed by atoms with Gasteiger partial charge in [-0.15, -0.1) is 0 Å². The van der Waals surface area contributed by atoms with Crippen LogP contribution in [0, 0.1) is 5.92 Å². The molecule has 142 valence electrons. The Bertz CT molecular complexity index is 807. The van der Waals surface area contributed by atoms with Gasteiger partial charge in [0.1, 0.15) is 5.75 Å². The number of para-hydroxylation sites is 2. The minimum absolute atomic E-state index is 0.112. The summed E-state index contributed by atoms with van der Waals surface area (Å²) in [6.07, 6.45) is 1.51.